The number of aryl methyl sites for hydroxylation is 1. The van der Waals surface area contributed by atoms with Crippen molar-refractivity contribution >= 4 is 11.7 Å². The van der Waals surface area contributed by atoms with Gasteiger partial charge in [-0.3, -0.25) is 9.78 Å². The maximum absolute atomic E-state index is 12.2. The van der Waals surface area contributed by atoms with E-state index in [1.807, 2.05) is 40.0 Å². The second-order valence-electron chi connectivity index (χ2n) is 6.54. The van der Waals surface area contributed by atoms with Gasteiger partial charge in [-0.05, 0) is 38.0 Å². The van der Waals surface area contributed by atoms with Crippen molar-refractivity contribution in [2.45, 2.75) is 46.1 Å². The van der Waals surface area contributed by atoms with E-state index in [-0.39, 0.29) is 17.9 Å². The highest BCUT2D eigenvalue weighted by Crippen LogP contribution is 2.26. The third-order valence-corrected chi connectivity index (χ3v) is 4.15. The predicted molar refractivity (Wildman–Crippen MR) is 93.2 cm³/mol. The van der Waals surface area contributed by atoms with E-state index in [0.29, 0.717) is 18.1 Å². The zero-order chi connectivity index (χ0) is 17.3. The van der Waals surface area contributed by atoms with Gasteiger partial charge in [0.15, 0.2) is 0 Å². The Morgan fingerprint density at radius 1 is 1.25 bits per heavy atom. The molecule has 0 saturated heterocycles. The first kappa shape index (κ1) is 16.4. The van der Waals surface area contributed by atoms with E-state index < -0.39 is 0 Å². The second kappa shape index (κ2) is 6.55. The number of hydrogen-bond donors (Lipinski definition) is 2. The molecule has 2 aromatic rings. The quantitative estimate of drug-likeness (QED) is 0.903. The average Bonchev–Trinajstić information content (AvgIpc) is 2.55. The van der Waals surface area contributed by atoms with Crippen LogP contribution in [0.4, 0.5) is 5.82 Å². The fraction of sp³-hybridized carbons (Fsp3) is 0.444. The standard InChI is InChI=1S/C18H23N5O/c1-10(2)16-22-15-13(6-8-20-18(15)24)17(23-16)21-12(4)14-9-11(3)5-7-19-14/h5,7,9-10,12H,6,8H2,1-4H3,(H,20,24)(H,21,22,23). The first-order valence-electron chi connectivity index (χ1n) is 8.33. The number of amides is 1. The van der Waals surface area contributed by atoms with Crippen molar-refractivity contribution in [3.8, 4) is 0 Å². The van der Waals surface area contributed by atoms with Crippen LogP contribution in [0.2, 0.25) is 0 Å². The smallest absolute Gasteiger partial charge is 0.270 e. The zero-order valence-corrected chi connectivity index (χ0v) is 14.6. The average molecular weight is 325 g/mol. The van der Waals surface area contributed by atoms with Crippen molar-refractivity contribution in [3.05, 3.63) is 46.7 Å². The molecule has 6 nitrogen and oxygen atoms in total. The molecule has 0 aliphatic carbocycles. The molecule has 0 aromatic carbocycles. The van der Waals surface area contributed by atoms with Crippen molar-refractivity contribution in [2.24, 2.45) is 0 Å². The molecule has 1 atom stereocenters. The Hall–Kier alpha value is -2.50. The molecule has 0 saturated carbocycles. The summed E-state index contributed by atoms with van der Waals surface area (Å²) in [6, 6.07) is 4.03. The number of anilines is 1. The SMILES string of the molecule is Cc1ccnc(C(C)Nc2nc(C(C)C)nc3c2CCNC3=O)c1. The monoisotopic (exact) mass is 325 g/mol. The van der Waals surface area contributed by atoms with Crippen LogP contribution in [0.1, 0.15) is 65.9 Å². The summed E-state index contributed by atoms with van der Waals surface area (Å²) in [6.07, 6.45) is 2.54. The summed E-state index contributed by atoms with van der Waals surface area (Å²) in [4.78, 5) is 25.8. The summed E-state index contributed by atoms with van der Waals surface area (Å²) < 4.78 is 0. The first-order chi connectivity index (χ1) is 11.5. The van der Waals surface area contributed by atoms with E-state index in [0.717, 1.165) is 23.5 Å². The molecule has 1 aliphatic heterocycles. The van der Waals surface area contributed by atoms with Crippen LogP contribution in [0.15, 0.2) is 18.3 Å². The van der Waals surface area contributed by atoms with Crippen molar-refractivity contribution in [2.75, 3.05) is 11.9 Å². The van der Waals surface area contributed by atoms with Crippen molar-refractivity contribution in [3.63, 3.8) is 0 Å². The molecule has 24 heavy (non-hydrogen) atoms. The van der Waals surface area contributed by atoms with Crippen LogP contribution >= 0.6 is 0 Å². The number of nitrogens with one attached hydrogen (secondary N) is 2. The topological polar surface area (TPSA) is 79.8 Å². The van der Waals surface area contributed by atoms with Crippen LogP contribution in [-0.2, 0) is 6.42 Å². The molecule has 1 aliphatic rings. The highest BCUT2D eigenvalue weighted by Gasteiger charge is 2.25. The molecule has 0 bridgehead atoms. The van der Waals surface area contributed by atoms with Crippen LogP contribution in [0, 0.1) is 6.92 Å². The molecular formula is C18H23N5O. The van der Waals surface area contributed by atoms with Crippen molar-refractivity contribution < 1.29 is 4.79 Å². The van der Waals surface area contributed by atoms with Gasteiger partial charge in [0.2, 0.25) is 0 Å². The minimum absolute atomic E-state index is 0.00565. The van der Waals surface area contributed by atoms with Gasteiger partial charge in [0, 0.05) is 24.2 Å². The number of fused-ring (bicyclic) bond motifs is 1. The first-order valence-corrected chi connectivity index (χ1v) is 8.33. The minimum Gasteiger partial charge on any atom is -0.362 e. The normalized spacial score (nSPS) is 15.0. The van der Waals surface area contributed by atoms with Gasteiger partial charge in [-0.15, -0.1) is 0 Å². The van der Waals surface area contributed by atoms with Crippen molar-refractivity contribution in [1.29, 1.82) is 0 Å². The molecule has 1 unspecified atom stereocenters. The van der Waals surface area contributed by atoms with E-state index in [1.54, 1.807) is 0 Å². The van der Waals surface area contributed by atoms with Crippen LogP contribution in [0.3, 0.4) is 0 Å². The van der Waals surface area contributed by atoms with Crippen LogP contribution in [-0.4, -0.2) is 27.4 Å². The van der Waals surface area contributed by atoms with Gasteiger partial charge in [0.25, 0.3) is 5.91 Å². The number of pyridine rings is 1. The Labute approximate surface area is 142 Å². The molecule has 3 heterocycles. The van der Waals surface area contributed by atoms with E-state index in [2.05, 4.69) is 31.7 Å². The molecule has 126 valence electrons. The lowest BCUT2D eigenvalue weighted by atomic mass is 10.0. The fourth-order valence-electron chi connectivity index (χ4n) is 2.76. The number of aromatic nitrogens is 3. The third-order valence-electron chi connectivity index (χ3n) is 4.15. The van der Waals surface area contributed by atoms with E-state index >= 15 is 0 Å². The van der Waals surface area contributed by atoms with E-state index in [1.165, 1.54) is 5.56 Å². The van der Waals surface area contributed by atoms with Crippen LogP contribution in [0.25, 0.3) is 0 Å². The molecule has 1 amide bonds. The van der Waals surface area contributed by atoms with Crippen molar-refractivity contribution in [1.82, 2.24) is 20.3 Å². The molecule has 6 heteroatoms. The maximum Gasteiger partial charge on any atom is 0.270 e. The van der Waals surface area contributed by atoms with Gasteiger partial charge < -0.3 is 10.6 Å². The summed E-state index contributed by atoms with van der Waals surface area (Å²) in [7, 11) is 0. The number of rotatable bonds is 4. The molecular weight excluding hydrogens is 302 g/mol. The van der Waals surface area contributed by atoms with E-state index in [9.17, 15) is 4.79 Å². The van der Waals surface area contributed by atoms with Crippen LogP contribution in [0.5, 0.6) is 0 Å². The van der Waals surface area contributed by atoms with Gasteiger partial charge in [0.05, 0.1) is 11.7 Å². The van der Waals surface area contributed by atoms with Gasteiger partial charge >= 0.3 is 0 Å². The molecule has 0 fully saturated rings. The van der Waals surface area contributed by atoms with Gasteiger partial charge in [-0.25, -0.2) is 9.97 Å². The highest BCUT2D eigenvalue weighted by molar-refractivity contribution is 5.96. The number of carbonyl (C=O) groups is 1. The van der Waals surface area contributed by atoms with Gasteiger partial charge in [0.1, 0.15) is 17.3 Å². The predicted octanol–water partition coefficient (Wildman–Crippen LogP) is 2.76. The summed E-state index contributed by atoms with van der Waals surface area (Å²) in [5, 5.41) is 6.29. The largest absolute Gasteiger partial charge is 0.362 e. The lowest BCUT2D eigenvalue weighted by Gasteiger charge is -2.23. The molecule has 0 radical (unpaired) electrons. The Balaban J connectivity index is 1.98. The number of hydrogen-bond acceptors (Lipinski definition) is 5. The molecule has 2 N–H and O–H groups in total. The van der Waals surface area contributed by atoms with Gasteiger partial charge in [-0.1, -0.05) is 13.8 Å². The Morgan fingerprint density at radius 2 is 2.04 bits per heavy atom. The molecule has 2 aromatic heterocycles. The maximum atomic E-state index is 12.2. The third kappa shape index (κ3) is 3.22. The molecule has 0 spiro atoms. The lowest BCUT2D eigenvalue weighted by Crippen LogP contribution is -2.34. The Morgan fingerprint density at radius 3 is 2.75 bits per heavy atom. The lowest BCUT2D eigenvalue weighted by molar-refractivity contribution is 0.0940. The Bertz CT molecular complexity index is 772. The van der Waals surface area contributed by atoms with E-state index in [4.69, 9.17) is 0 Å². The second-order valence-corrected chi connectivity index (χ2v) is 6.54. The summed E-state index contributed by atoms with van der Waals surface area (Å²) in [5.41, 5.74) is 3.50. The highest BCUT2D eigenvalue weighted by atomic mass is 16.1. The van der Waals surface area contributed by atoms with Crippen LogP contribution < -0.4 is 10.6 Å². The van der Waals surface area contributed by atoms with Gasteiger partial charge in [-0.2, -0.15) is 0 Å². The zero-order valence-electron chi connectivity index (χ0n) is 14.6. The minimum atomic E-state index is -0.120. The summed E-state index contributed by atoms with van der Waals surface area (Å²) >= 11 is 0. The summed E-state index contributed by atoms with van der Waals surface area (Å²) in [6.45, 7) is 8.76. The molecule has 3 rings (SSSR count). The number of nitrogens with zero attached hydrogens (tertiary/aromatic N) is 3. The Kier molecular flexibility index (Phi) is 4.46. The summed E-state index contributed by atoms with van der Waals surface area (Å²) in [5.74, 6) is 1.45. The number of carbonyl (C=O) groups excluding carboxylic acids is 1. The fourth-order valence-corrected chi connectivity index (χ4v) is 2.76.